The van der Waals surface area contributed by atoms with Crippen LogP contribution in [0.2, 0.25) is 0 Å². The number of nitrogens with zero attached hydrogens (tertiary/aromatic N) is 1. The van der Waals surface area contributed by atoms with Crippen LogP contribution in [0.4, 0.5) is 0 Å². The molecule has 4 aromatic rings. The molecule has 3 heteroatoms. The number of unbranched alkanes of at least 4 members (excludes halogenated alkanes) is 3. The smallest absolute Gasteiger partial charge is 0.124 e. The van der Waals surface area contributed by atoms with Crippen molar-refractivity contribution in [1.82, 2.24) is 15.3 Å². The maximum Gasteiger partial charge on any atom is 0.124 e. The minimum atomic E-state index is 0.226. The molecule has 0 saturated carbocycles. The van der Waals surface area contributed by atoms with Gasteiger partial charge in [-0.15, -0.1) is 0 Å². The summed E-state index contributed by atoms with van der Waals surface area (Å²) >= 11 is 0. The molecule has 0 aliphatic rings. The van der Waals surface area contributed by atoms with E-state index >= 15 is 0 Å². The van der Waals surface area contributed by atoms with Gasteiger partial charge in [-0.3, -0.25) is 0 Å². The Labute approximate surface area is 192 Å². The fourth-order valence-electron chi connectivity index (χ4n) is 4.07. The van der Waals surface area contributed by atoms with E-state index in [2.05, 4.69) is 96.1 Å². The zero-order valence-electron chi connectivity index (χ0n) is 18.9. The zero-order valence-corrected chi connectivity index (χ0v) is 18.9. The molecule has 1 aromatic heterocycles. The van der Waals surface area contributed by atoms with Gasteiger partial charge in [-0.1, -0.05) is 118 Å². The number of hydrogen-bond acceptors (Lipinski definition) is 2. The number of imidazole rings is 1. The molecule has 0 radical (unpaired) electrons. The molecular weight excluding hydrogens is 390 g/mol. The zero-order chi connectivity index (χ0) is 22.0. The van der Waals surface area contributed by atoms with Gasteiger partial charge in [0.25, 0.3) is 0 Å². The summed E-state index contributed by atoms with van der Waals surface area (Å²) in [6.45, 7) is 3.11. The number of nitrogens with one attached hydrogen (secondary N) is 2. The van der Waals surface area contributed by atoms with Crippen LogP contribution in [0.15, 0.2) is 91.1 Å². The van der Waals surface area contributed by atoms with E-state index in [1.54, 1.807) is 0 Å². The van der Waals surface area contributed by atoms with Crippen LogP contribution < -0.4 is 5.32 Å². The van der Waals surface area contributed by atoms with Crippen LogP contribution in [-0.4, -0.2) is 9.97 Å². The Morgan fingerprint density at radius 1 is 0.750 bits per heavy atom. The Kier molecular flexibility index (Phi) is 7.89. The SMILES string of the molecule is CCCCCC[C@H](NCc1ccccc1)c1nc(-c2ccc(-c3ccccc3)cc2)c[nH]1. The summed E-state index contributed by atoms with van der Waals surface area (Å²) in [4.78, 5) is 8.43. The van der Waals surface area contributed by atoms with E-state index in [-0.39, 0.29) is 6.04 Å². The van der Waals surface area contributed by atoms with Gasteiger partial charge in [0.05, 0.1) is 11.7 Å². The first kappa shape index (κ1) is 22.0. The third kappa shape index (κ3) is 5.95. The van der Waals surface area contributed by atoms with Crippen LogP contribution in [0.5, 0.6) is 0 Å². The van der Waals surface area contributed by atoms with Crippen LogP contribution in [0.1, 0.15) is 56.5 Å². The summed E-state index contributed by atoms with van der Waals surface area (Å²) < 4.78 is 0. The molecular formula is C29H33N3. The standard InChI is InChI=1S/C29H33N3/c1-2-3-4-11-16-27(30-21-23-12-7-5-8-13-23)29-31-22-28(32-29)26-19-17-25(18-20-26)24-14-9-6-10-15-24/h5-10,12-15,17-20,22,27,30H,2-4,11,16,21H2,1H3,(H,31,32)/t27-/m0/s1. The predicted octanol–water partition coefficient (Wildman–Crippen LogP) is 7.55. The van der Waals surface area contributed by atoms with E-state index in [0.29, 0.717) is 0 Å². The quantitative estimate of drug-likeness (QED) is 0.245. The summed E-state index contributed by atoms with van der Waals surface area (Å²) in [5, 5.41) is 3.73. The highest BCUT2D eigenvalue weighted by atomic mass is 15.0. The van der Waals surface area contributed by atoms with Crippen LogP contribution >= 0.6 is 0 Å². The molecule has 0 bridgehead atoms. The molecule has 3 aromatic carbocycles. The van der Waals surface area contributed by atoms with Crippen molar-refractivity contribution in [3.05, 3.63) is 103 Å². The second kappa shape index (κ2) is 11.4. The summed E-state index contributed by atoms with van der Waals surface area (Å²) in [5.74, 6) is 1.03. The lowest BCUT2D eigenvalue weighted by molar-refractivity contribution is 0.453. The molecule has 0 unspecified atom stereocenters. The summed E-state index contributed by atoms with van der Waals surface area (Å²) in [7, 11) is 0. The monoisotopic (exact) mass is 423 g/mol. The first-order valence-corrected chi connectivity index (χ1v) is 11.8. The molecule has 0 amide bonds. The van der Waals surface area contributed by atoms with Gasteiger partial charge in [0.15, 0.2) is 0 Å². The molecule has 0 spiro atoms. The Morgan fingerprint density at radius 2 is 1.41 bits per heavy atom. The van der Waals surface area contributed by atoms with Gasteiger partial charge in [0.1, 0.15) is 5.82 Å². The van der Waals surface area contributed by atoms with E-state index in [4.69, 9.17) is 4.98 Å². The van der Waals surface area contributed by atoms with Crippen molar-refractivity contribution in [3.63, 3.8) is 0 Å². The summed E-state index contributed by atoms with van der Waals surface area (Å²) in [6.07, 6.45) is 8.16. The Hall–Kier alpha value is -3.17. The van der Waals surface area contributed by atoms with Crippen molar-refractivity contribution >= 4 is 0 Å². The minimum Gasteiger partial charge on any atom is -0.347 e. The topological polar surface area (TPSA) is 40.7 Å². The summed E-state index contributed by atoms with van der Waals surface area (Å²) in [5.41, 5.74) is 5.90. The lowest BCUT2D eigenvalue weighted by atomic mass is 10.0. The second-order valence-electron chi connectivity index (χ2n) is 8.38. The molecule has 0 saturated heterocycles. The van der Waals surface area contributed by atoms with Crippen molar-refractivity contribution in [2.45, 2.75) is 51.6 Å². The maximum absolute atomic E-state index is 4.98. The van der Waals surface area contributed by atoms with Gasteiger partial charge in [-0.05, 0) is 23.1 Å². The predicted molar refractivity (Wildman–Crippen MR) is 134 cm³/mol. The maximum atomic E-state index is 4.98. The molecule has 0 fully saturated rings. The van der Waals surface area contributed by atoms with Gasteiger partial charge < -0.3 is 10.3 Å². The Morgan fingerprint density at radius 3 is 2.12 bits per heavy atom. The minimum absolute atomic E-state index is 0.226. The largest absolute Gasteiger partial charge is 0.347 e. The Balaban J connectivity index is 1.46. The number of benzene rings is 3. The molecule has 32 heavy (non-hydrogen) atoms. The first-order chi connectivity index (χ1) is 15.8. The van der Waals surface area contributed by atoms with E-state index in [0.717, 1.165) is 30.0 Å². The third-order valence-corrected chi connectivity index (χ3v) is 5.96. The molecule has 164 valence electrons. The van der Waals surface area contributed by atoms with Gasteiger partial charge in [0.2, 0.25) is 0 Å². The molecule has 1 atom stereocenters. The highest BCUT2D eigenvalue weighted by Gasteiger charge is 2.15. The van der Waals surface area contributed by atoms with Crippen LogP contribution in [0.25, 0.3) is 22.4 Å². The number of aromatic amines is 1. The molecule has 2 N–H and O–H groups in total. The van der Waals surface area contributed by atoms with Gasteiger partial charge in [0, 0.05) is 18.3 Å². The average molecular weight is 424 g/mol. The van der Waals surface area contributed by atoms with Crippen molar-refractivity contribution < 1.29 is 0 Å². The van der Waals surface area contributed by atoms with Crippen LogP contribution in [0, 0.1) is 0 Å². The molecule has 1 heterocycles. The first-order valence-electron chi connectivity index (χ1n) is 11.8. The molecule has 3 nitrogen and oxygen atoms in total. The number of rotatable bonds is 11. The number of H-pyrrole nitrogens is 1. The molecule has 0 aliphatic carbocycles. The van der Waals surface area contributed by atoms with Crippen molar-refractivity contribution in [3.8, 4) is 22.4 Å². The normalized spacial score (nSPS) is 12.0. The average Bonchev–Trinajstić information content (AvgIpc) is 3.35. The second-order valence-corrected chi connectivity index (χ2v) is 8.38. The van der Waals surface area contributed by atoms with Gasteiger partial charge in [-0.25, -0.2) is 4.98 Å². The van der Waals surface area contributed by atoms with Crippen molar-refractivity contribution in [1.29, 1.82) is 0 Å². The molecule has 0 aliphatic heterocycles. The van der Waals surface area contributed by atoms with Gasteiger partial charge >= 0.3 is 0 Å². The van der Waals surface area contributed by atoms with E-state index < -0.39 is 0 Å². The summed E-state index contributed by atoms with van der Waals surface area (Å²) in [6, 6.07) is 30.0. The number of hydrogen-bond donors (Lipinski definition) is 2. The fraction of sp³-hybridized carbons (Fsp3) is 0.276. The highest BCUT2D eigenvalue weighted by molar-refractivity contribution is 5.68. The fourth-order valence-corrected chi connectivity index (χ4v) is 4.07. The lowest BCUT2D eigenvalue weighted by Gasteiger charge is -2.17. The molecule has 4 rings (SSSR count). The highest BCUT2D eigenvalue weighted by Crippen LogP contribution is 2.26. The van der Waals surface area contributed by atoms with Gasteiger partial charge in [-0.2, -0.15) is 0 Å². The van der Waals surface area contributed by atoms with E-state index in [9.17, 15) is 0 Å². The Bertz CT molecular complexity index is 1050. The number of aromatic nitrogens is 2. The van der Waals surface area contributed by atoms with Crippen molar-refractivity contribution in [2.24, 2.45) is 0 Å². The third-order valence-electron chi connectivity index (χ3n) is 5.96. The van der Waals surface area contributed by atoms with Crippen LogP contribution in [-0.2, 0) is 6.54 Å². The van der Waals surface area contributed by atoms with Crippen LogP contribution in [0.3, 0.4) is 0 Å². The lowest BCUT2D eigenvalue weighted by Crippen LogP contribution is -2.22. The van der Waals surface area contributed by atoms with E-state index in [1.165, 1.54) is 42.4 Å². The van der Waals surface area contributed by atoms with Crippen molar-refractivity contribution in [2.75, 3.05) is 0 Å². The van der Waals surface area contributed by atoms with E-state index in [1.807, 2.05) is 12.3 Å².